The van der Waals surface area contributed by atoms with Gasteiger partial charge in [-0.1, -0.05) is 6.92 Å². The third kappa shape index (κ3) is 4.43. The van der Waals surface area contributed by atoms with Crippen LogP contribution in [0.15, 0.2) is 24.5 Å². The van der Waals surface area contributed by atoms with E-state index in [2.05, 4.69) is 27.1 Å². The van der Waals surface area contributed by atoms with E-state index < -0.39 is 0 Å². The molecular formula is C22H31N5O3. The number of fused-ring (bicyclic) bond motifs is 1. The lowest BCUT2D eigenvalue weighted by Gasteiger charge is -2.43. The minimum absolute atomic E-state index is 0.0261. The number of amides is 3. The molecular weight excluding hydrogens is 382 g/mol. The van der Waals surface area contributed by atoms with Gasteiger partial charge in [0, 0.05) is 50.5 Å². The number of likely N-dealkylation sites (tertiary alicyclic amines) is 1. The predicted molar refractivity (Wildman–Crippen MR) is 114 cm³/mol. The van der Waals surface area contributed by atoms with Crippen molar-refractivity contribution in [2.75, 3.05) is 32.8 Å². The molecule has 1 aromatic carbocycles. The monoisotopic (exact) mass is 413 g/mol. The number of hydrogen-bond donors (Lipinski definition) is 2. The maximum absolute atomic E-state index is 13.0. The zero-order valence-electron chi connectivity index (χ0n) is 17.6. The van der Waals surface area contributed by atoms with Crippen LogP contribution in [-0.4, -0.2) is 76.6 Å². The summed E-state index contributed by atoms with van der Waals surface area (Å²) in [5.74, 6) is 0.0398. The average Bonchev–Trinajstić information content (AvgIpc) is 3.26. The van der Waals surface area contributed by atoms with E-state index in [4.69, 9.17) is 4.74 Å². The second-order valence-electron chi connectivity index (χ2n) is 8.14. The molecule has 2 saturated heterocycles. The van der Waals surface area contributed by atoms with E-state index in [0.29, 0.717) is 38.4 Å². The van der Waals surface area contributed by atoms with Crippen molar-refractivity contribution in [3.63, 3.8) is 0 Å². The van der Waals surface area contributed by atoms with Crippen LogP contribution in [0.5, 0.6) is 0 Å². The van der Waals surface area contributed by atoms with Crippen molar-refractivity contribution in [1.29, 1.82) is 0 Å². The van der Waals surface area contributed by atoms with Crippen LogP contribution in [0.3, 0.4) is 0 Å². The number of imidazole rings is 1. The van der Waals surface area contributed by atoms with Crippen LogP contribution in [0.25, 0.3) is 11.0 Å². The van der Waals surface area contributed by atoms with E-state index in [-0.39, 0.29) is 24.0 Å². The van der Waals surface area contributed by atoms with Gasteiger partial charge in [-0.05, 0) is 50.3 Å². The number of carbonyl (C=O) groups is 2. The lowest BCUT2D eigenvalue weighted by molar-refractivity contribution is 0.0209. The molecule has 30 heavy (non-hydrogen) atoms. The fourth-order valence-electron chi connectivity index (χ4n) is 4.51. The summed E-state index contributed by atoms with van der Waals surface area (Å²) in [5, 5.41) is 3.06. The summed E-state index contributed by atoms with van der Waals surface area (Å²) in [4.78, 5) is 37.1. The van der Waals surface area contributed by atoms with Gasteiger partial charge in [0.2, 0.25) is 0 Å². The Morgan fingerprint density at radius 2 is 1.93 bits per heavy atom. The molecule has 162 valence electrons. The number of rotatable bonds is 5. The first-order valence-electron chi connectivity index (χ1n) is 11.0. The molecule has 0 radical (unpaired) electrons. The average molecular weight is 414 g/mol. The van der Waals surface area contributed by atoms with E-state index in [0.717, 1.165) is 43.1 Å². The second kappa shape index (κ2) is 9.47. The molecule has 2 fully saturated rings. The van der Waals surface area contributed by atoms with Gasteiger partial charge in [-0.3, -0.25) is 4.79 Å². The third-order valence-electron chi connectivity index (χ3n) is 6.16. The molecule has 8 nitrogen and oxygen atoms in total. The Hall–Kier alpha value is -2.61. The summed E-state index contributed by atoms with van der Waals surface area (Å²) >= 11 is 0. The number of carbonyl (C=O) groups excluding carboxylic acids is 2. The molecule has 0 unspecified atom stereocenters. The van der Waals surface area contributed by atoms with E-state index in [9.17, 15) is 9.59 Å². The Morgan fingerprint density at radius 1 is 1.20 bits per heavy atom. The van der Waals surface area contributed by atoms with Crippen molar-refractivity contribution < 1.29 is 14.3 Å². The number of nitrogens with zero attached hydrogens (tertiary/aromatic N) is 3. The number of benzene rings is 1. The first-order chi connectivity index (χ1) is 14.7. The van der Waals surface area contributed by atoms with E-state index in [1.54, 1.807) is 6.33 Å². The molecule has 0 spiro atoms. The summed E-state index contributed by atoms with van der Waals surface area (Å²) in [6, 6.07) is 5.97. The van der Waals surface area contributed by atoms with Gasteiger partial charge in [-0.2, -0.15) is 0 Å². The Bertz CT molecular complexity index is 869. The van der Waals surface area contributed by atoms with Crippen molar-refractivity contribution in [3.05, 3.63) is 30.1 Å². The van der Waals surface area contributed by atoms with Crippen molar-refractivity contribution in [1.82, 2.24) is 25.1 Å². The van der Waals surface area contributed by atoms with Crippen molar-refractivity contribution in [3.8, 4) is 0 Å². The summed E-state index contributed by atoms with van der Waals surface area (Å²) < 4.78 is 5.50. The highest BCUT2D eigenvalue weighted by Gasteiger charge is 2.35. The van der Waals surface area contributed by atoms with E-state index >= 15 is 0 Å². The summed E-state index contributed by atoms with van der Waals surface area (Å²) in [7, 11) is 0. The minimum atomic E-state index is 0.0261. The highest BCUT2D eigenvalue weighted by molar-refractivity contribution is 5.97. The number of aromatic nitrogens is 2. The molecule has 2 N–H and O–H groups in total. The Kier molecular flexibility index (Phi) is 6.52. The maximum atomic E-state index is 13.0. The Labute approximate surface area is 177 Å². The van der Waals surface area contributed by atoms with Crippen molar-refractivity contribution >= 4 is 23.0 Å². The molecule has 0 aliphatic carbocycles. The standard InChI is InChI=1S/C22H31N5O3/c1-2-9-23-22(29)27(18-7-12-30-13-8-18)17-5-10-26(11-6-17)21(28)16-3-4-19-20(14-16)25-15-24-19/h3-4,14-15,17-18H,2,5-13H2,1H3,(H,23,29)(H,24,25). The fourth-order valence-corrected chi connectivity index (χ4v) is 4.51. The summed E-state index contributed by atoms with van der Waals surface area (Å²) in [5.41, 5.74) is 2.40. The molecule has 2 aromatic rings. The Morgan fingerprint density at radius 3 is 2.67 bits per heavy atom. The summed E-state index contributed by atoms with van der Waals surface area (Å²) in [6.07, 6.45) is 5.91. The Balaban J connectivity index is 1.41. The predicted octanol–water partition coefficient (Wildman–Crippen LogP) is 2.77. The number of nitrogens with one attached hydrogen (secondary N) is 2. The SMILES string of the molecule is CCCNC(=O)N(C1CCOCC1)C1CCN(C(=O)c2ccc3nc[nH]c3c2)CC1. The normalized spacial score (nSPS) is 18.5. The largest absolute Gasteiger partial charge is 0.381 e. The van der Waals surface area contributed by atoms with Gasteiger partial charge in [0.25, 0.3) is 5.91 Å². The maximum Gasteiger partial charge on any atom is 0.317 e. The molecule has 3 heterocycles. The number of piperidine rings is 1. The highest BCUT2D eigenvalue weighted by Crippen LogP contribution is 2.25. The van der Waals surface area contributed by atoms with Gasteiger partial charge in [0.05, 0.1) is 17.4 Å². The molecule has 0 atom stereocenters. The number of ether oxygens (including phenoxy) is 1. The highest BCUT2D eigenvalue weighted by atomic mass is 16.5. The summed E-state index contributed by atoms with van der Waals surface area (Å²) in [6.45, 7) is 5.47. The van der Waals surface area contributed by atoms with Crippen molar-refractivity contribution in [2.45, 2.75) is 51.1 Å². The number of hydrogen-bond acceptors (Lipinski definition) is 4. The van der Waals surface area contributed by atoms with Crippen LogP contribution in [0.1, 0.15) is 49.4 Å². The zero-order chi connectivity index (χ0) is 20.9. The van der Waals surface area contributed by atoms with Gasteiger partial charge in [-0.25, -0.2) is 9.78 Å². The minimum Gasteiger partial charge on any atom is -0.381 e. The van der Waals surface area contributed by atoms with E-state index in [1.807, 2.05) is 23.1 Å². The molecule has 2 aliphatic rings. The number of urea groups is 1. The van der Waals surface area contributed by atoms with Gasteiger partial charge in [-0.15, -0.1) is 0 Å². The fraction of sp³-hybridized carbons (Fsp3) is 0.591. The first kappa shape index (κ1) is 20.7. The quantitative estimate of drug-likeness (QED) is 0.789. The lowest BCUT2D eigenvalue weighted by atomic mass is 9.97. The number of aromatic amines is 1. The van der Waals surface area contributed by atoms with Crippen LogP contribution >= 0.6 is 0 Å². The molecule has 1 aromatic heterocycles. The van der Waals surface area contributed by atoms with Gasteiger partial charge in [0.15, 0.2) is 0 Å². The van der Waals surface area contributed by atoms with Crippen LogP contribution in [0.2, 0.25) is 0 Å². The zero-order valence-corrected chi connectivity index (χ0v) is 17.6. The molecule has 8 heteroatoms. The molecule has 3 amide bonds. The third-order valence-corrected chi connectivity index (χ3v) is 6.16. The van der Waals surface area contributed by atoms with Gasteiger partial charge >= 0.3 is 6.03 Å². The van der Waals surface area contributed by atoms with Crippen molar-refractivity contribution in [2.24, 2.45) is 0 Å². The molecule has 0 saturated carbocycles. The van der Waals surface area contributed by atoms with Crippen LogP contribution in [-0.2, 0) is 4.74 Å². The number of H-pyrrole nitrogens is 1. The topological polar surface area (TPSA) is 90.6 Å². The second-order valence-corrected chi connectivity index (χ2v) is 8.14. The van der Waals surface area contributed by atoms with Gasteiger partial charge in [0.1, 0.15) is 0 Å². The van der Waals surface area contributed by atoms with Crippen LogP contribution in [0.4, 0.5) is 4.79 Å². The van der Waals surface area contributed by atoms with Gasteiger partial charge < -0.3 is 24.8 Å². The molecule has 2 aliphatic heterocycles. The van der Waals surface area contributed by atoms with E-state index in [1.165, 1.54) is 0 Å². The van der Waals surface area contributed by atoms with Crippen LogP contribution < -0.4 is 5.32 Å². The smallest absolute Gasteiger partial charge is 0.317 e. The van der Waals surface area contributed by atoms with Crippen LogP contribution in [0, 0.1) is 0 Å². The first-order valence-corrected chi connectivity index (χ1v) is 11.0. The lowest BCUT2D eigenvalue weighted by Crippen LogP contribution is -2.56. The molecule has 0 bridgehead atoms. The molecule has 4 rings (SSSR count).